The SMILES string of the molecule is COC1CCC(NC(CC#N)c2ccccc2)C1. The van der Waals surface area contributed by atoms with Gasteiger partial charge < -0.3 is 10.1 Å². The summed E-state index contributed by atoms with van der Waals surface area (Å²) >= 11 is 0. The molecule has 0 aliphatic heterocycles. The van der Waals surface area contributed by atoms with Gasteiger partial charge in [-0.3, -0.25) is 0 Å². The van der Waals surface area contributed by atoms with E-state index in [1.54, 1.807) is 7.11 Å². The molecule has 1 fully saturated rings. The summed E-state index contributed by atoms with van der Waals surface area (Å²) in [6.45, 7) is 0. The first-order valence-electron chi connectivity index (χ1n) is 6.54. The number of benzene rings is 1. The van der Waals surface area contributed by atoms with Crippen molar-refractivity contribution in [1.29, 1.82) is 5.26 Å². The monoisotopic (exact) mass is 244 g/mol. The smallest absolute Gasteiger partial charge is 0.0641 e. The molecule has 0 heterocycles. The Kier molecular flexibility index (Phi) is 4.74. The highest BCUT2D eigenvalue weighted by Gasteiger charge is 2.26. The topological polar surface area (TPSA) is 45.0 Å². The number of ether oxygens (including phenoxy) is 1. The van der Waals surface area contributed by atoms with Crippen LogP contribution in [0, 0.1) is 11.3 Å². The lowest BCUT2D eigenvalue weighted by Gasteiger charge is -2.21. The van der Waals surface area contributed by atoms with E-state index in [-0.39, 0.29) is 6.04 Å². The Bertz CT molecular complexity index is 399. The van der Waals surface area contributed by atoms with E-state index >= 15 is 0 Å². The summed E-state index contributed by atoms with van der Waals surface area (Å²) in [7, 11) is 1.77. The summed E-state index contributed by atoms with van der Waals surface area (Å²) in [5.41, 5.74) is 1.19. The Morgan fingerprint density at radius 3 is 2.78 bits per heavy atom. The molecule has 1 saturated carbocycles. The molecule has 0 aromatic heterocycles. The summed E-state index contributed by atoms with van der Waals surface area (Å²) in [5.74, 6) is 0. The van der Waals surface area contributed by atoms with Crippen LogP contribution >= 0.6 is 0 Å². The highest BCUT2D eigenvalue weighted by atomic mass is 16.5. The number of hydrogen-bond acceptors (Lipinski definition) is 3. The number of nitrogens with one attached hydrogen (secondary N) is 1. The van der Waals surface area contributed by atoms with Crippen molar-refractivity contribution in [1.82, 2.24) is 5.32 Å². The Balaban J connectivity index is 1.97. The molecule has 3 unspecified atom stereocenters. The van der Waals surface area contributed by atoms with E-state index in [4.69, 9.17) is 10.00 Å². The highest BCUT2D eigenvalue weighted by molar-refractivity contribution is 5.20. The number of nitrogens with zero attached hydrogens (tertiary/aromatic N) is 1. The van der Waals surface area contributed by atoms with Crippen LogP contribution in [0.3, 0.4) is 0 Å². The molecular weight excluding hydrogens is 224 g/mol. The molecular formula is C15H20N2O. The molecule has 0 amide bonds. The third-order valence-corrected chi connectivity index (χ3v) is 3.65. The van der Waals surface area contributed by atoms with Gasteiger partial charge in [0.1, 0.15) is 0 Å². The number of hydrogen-bond donors (Lipinski definition) is 1. The van der Waals surface area contributed by atoms with Crippen LogP contribution < -0.4 is 5.32 Å². The first-order valence-corrected chi connectivity index (χ1v) is 6.54. The van der Waals surface area contributed by atoms with Gasteiger partial charge in [0.05, 0.1) is 18.6 Å². The van der Waals surface area contributed by atoms with Gasteiger partial charge in [-0.15, -0.1) is 0 Å². The Labute approximate surface area is 109 Å². The summed E-state index contributed by atoms with van der Waals surface area (Å²) in [4.78, 5) is 0. The molecule has 0 bridgehead atoms. The fourth-order valence-corrected chi connectivity index (χ4v) is 2.64. The van der Waals surface area contributed by atoms with Gasteiger partial charge in [0.2, 0.25) is 0 Å². The molecule has 1 aliphatic carbocycles. The zero-order chi connectivity index (χ0) is 12.8. The van der Waals surface area contributed by atoms with E-state index in [1.165, 1.54) is 5.56 Å². The van der Waals surface area contributed by atoms with Gasteiger partial charge in [-0.1, -0.05) is 30.3 Å². The van der Waals surface area contributed by atoms with Crippen LogP contribution in [0.2, 0.25) is 0 Å². The van der Waals surface area contributed by atoms with Crippen molar-refractivity contribution >= 4 is 0 Å². The number of methoxy groups -OCH3 is 1. The van der Waals surface area contributed by atoms with Crippen LogP contribution in [-0.2, 0) is 4.74 Å². The Morgan fingerprint density at radius 2 is 2.17 bits per heavy atom. The van der Waals surface area contributed by atoms with Crippen LogP contribution in [0.1, 0.15) is 37.3 Å². The third-order valence-electron chi connectivity index (χ3n) is 3.65. The first kappa shape index (κ1) is 13.1. The van der Waals surface area contributed by atoms with E-state index in [0.29, 0.717) is 18.6 Å². The lowest BCUT2D eigenvalue weighted by Crippen LogP contribution is -2.31. The molecule has 18 heavy (non-hydrogen) atoms. The zero-order valence-electron chi connectivity index (χ0n) is 10.8. The van der Waals surface area contributed by atoms with Crippen molar-refractivity contribution in [2.45, 2.75) is 43.9 Å². The zero-order valence-corrected chi connectivity index (χ0v) is 10.8. The minimum Gasteiger partial charge on any atom is -0.381 e. The van der Waals surface area contributed by atoms with Crippen molar-refractivity contribution in [3.8, 4) is 6.07 Å². The predicted octanol–water partition coefficient (Wildman–Crippen LogP) is 2.80. The van der Waals surface area contributed by atoms with Gasteiger partial charge in [0, 0.05) is 19.2 Å². The normalized spacial score (nSPS) is 24.7. The maximum absolute atomic E-state index is 8.96. The van der Waals surface area contributed by atoms with Gasteiger partial charge in [0.15, 0.2) is 0 Å². The largest absolute Gasteiger partial charge is 0.381 e. The minimum atomic E-state index is 0.136. The van der Waals surface area contributed by atoms with Crippen LogP contribution in [0.15, 0.2) is 30.3 Å². The van der Waals surface area contributed by atoms with E-state index < -0.39 is 0 Å². The minimum absolute atomic E-state index is 0.136. The second-order valence-corrected chi connectivity index (χ2v) is 4.86. The summed E-state index contributed by atoms with van der Waals surface area (Å²) < 4.78 is 5.38. The maximum Gasteiger partial charge on any atom is 0.0641 e. The molecule has 3 nitrogen and oxygen atoms in total. The van der Waals surface area contributed by atoms with Gasteiger partial charge in [-0.2, -0.15) is 5.26 Å². The quantitative estimate of drug-likeness (QED) is 0.866. The van der Waals surface area contributed by atoms with Crippen LogP contribution in [0.25, 0.3) is 0 Å². The van der Waals surface area contributed by atoms with Crippen LogP contribution in [0.4, 0.5) is 0 Å². The second-order valence-electron chi connectivity index (χ2n) is 4.86. The van der Waals surface area contributed by atoms with E-state index in [1.807, 2.05) is 18.2 Å². The maximum atomic E-state index is 8.96. The van der Waals surface area contributed by atoms with Crippen molar-refractivity contribution in [3.63, 3.8) is 0 Å². The molecule has 1 N–H and O–H groups in total. The fraction of sp³-hybridized carbons (Fsp3) is 0.533. The van der Waals surface area contributed by atoms with Crippen LogP contribution in [-0.4, -0.2) is 19.3 Å². The Hall–Kier alpha value is -1.37. The standard InChI is InChI=1S/C15H20N2O/c1-18-14-8-7-13(11-14)17-15(9-10-16)12-5-3-2-4-6-12/h2-6,13-15,17H,7-9,11H2,1H3. The molecule has 3 heteroatoms. The molecule has 0 saturated heterocycles. The molecule has 96 valence electrons. The van der Waals surface area contributed by atoms with Crippen LogP contribution in [0.5, 0.6) is 0 Å². The van der Waals surface area contributed by atoms with E-state index in [2.05, 4.69) is 23.5 Å². The van der Waals surface area contributed by atoms with Gasteiger partial charge >= 0.3 is 0 Å². The second kappa shape index (κ2) is 6.53. The molecule has 0 spiro atoms. The van der Waals surface area contributed by atoms with Gasteiger partial charge in [0.25, 0.3) is 0 Å². The van der Waals surface area contributed by atoms with Crippen molar-refractivity contribution in [2.24, 2.45) is 0 Å². The lowest BCUT2D eigenvalue weighted by molar-refractivity contribution is 0.106. The number of rotatable bonds is 5. The third kappa shape index (κ3) is 3.32. The molecule has 2 rings (SSSR count). The molecule has 0 radical (unpaired) electrons. The summed E-state index contributed by atoms with van der Waals surface area (Å²) in [6.07, 6.45) is 4.18. The van der Waals surface area contributed by atoms with Gasteiger partial charge in [-0.25, -0.2) is 0 Å². The van der Waals surface area contributed by atoms with Crippen molar-refractivity contribution in [3.05, 3.63) is 35.9 Å². The van der Waals surface area contributed by atoms with Crippen molar-refractivity contribution < 1.29 is 4.74 Å². The summed E-state index contributed by atoms with van der Waals surface area (Å²) in [5, 5.41) is 12.6. The molecule has 1 aliphatic rings. The first-order chi connectivity index (χ1) is 8.83. The number of nitriles is 1. The molecule has 3 atom stereocenters. The Morgan fingerprint density at radius 1 is 1.39 bits per heavy atom. The fourth-order valence-electron chi connectivity index (χ4n) is 2.64. The predicted molar refractivity (Wildman–Crippen MR) is 71.0 cm³/mol. The molecule has 1 aromatic rings. The summed E-state index contributed by atoms with van der Waals surface area (Å²) in [6, 6.07) is 13.1. The van der Waals surface area contributed by atoms with Crippen molar-refractivity contribution in [2.75, 3.05) is 7.11 Å². The average molecular weight is 244 g/mol. The van der Waals surface area contributed by atoms with Gasteiger partial charge in [-0.05, 0) is 24.8 Å². The van der Waals surface area contributed by atoms with E-state index in [0.717, 1.165) is 19.3 Å². The molecule has 1 aromatic carbocycles. The lowest BCUT2D eigenvalue weighted by atomic mass is 10.0. The highest BCUT2D eigenvalue weighted by Crippen LogP contribution is 2.25. The average Bonchev–Trinajstić information content (AvgIpc) is 2.87. The van der Waals surface area contributed by atoms with E-state index in [9.17, 15) is 0 Å².